The molecule has 26 heavy (non-hydrogen) atoms. The van der Waals surface area contributed by atoms with Gasteiger partial charge in [0.15, 0.2) is 0 Å². The van der Waals surface area contributed by atoms with E-state index in [0.29, 0.717) is 26.3 Å². The summed E-state index contributed by atoms with van der Waals surface area (Å²) in [6.45, 7) is 0. The van der Waals surface area contributed by atoms with E-state index in [9.17, 15) is 4.79 Å². The molecule has 1 amide bonds. The van der Waals surface area contributed by atoms with Crippen molar-refractivity contribution in [1.29, 1.82) is 0 Å². The van der Waals surface area contributed by atoms with Crippen LogP contribution in [0.3, 0.4) is 0 Å². The van der Waals surface area contributed by atoms with Gasteiger partial charge in [-0.15, -0.1) is 0 Å². The van der Waals surface area contributed by atoms with Crippen LogP contribution in [0.15, 0.2) is 66.7 Å². The molecule has 0 bridgehead atoms. The summed E-state index contributed by atoms with van der Waals surface area (Å²) in [5.41, 5.74) is 3.36. The lowest BCUT2D eigenvalue weighted by atomic mass is 10.0. The first-order valence-corrected chi connectivity index (χ1v) is 9.05. The fourth-order valence-electron chi connectivity index (χ4n) is 3.05. The Morgan fingerprint density at radius 2 is 1.35 bits per heavy atom. The third-order valence-electron chi connectivity index (χ3n) is 4.23. The third-order valence-corrected chi connectivity index (χ3v) is 5.19. The molecule has 0 aromatic heterocycles. The predicted octanol–water partition coefficient (Wildman–Crippen LogP) is 6.87. The second-order valence-corrected chi connectivity index (χ2v) is 7.03. The van der Waals surface area contributed by atoms with Crippen LogP contribution in [-0.4, -0.2) is 5.91 Å². The molecule has 4 rings (SSSR count). The maximum atomic E-state index is 13.3. The van der Waals surface area contributed by atoms with Crippen molar-refractivity contribution in [1.82, 2.24) is 0 Å². The molecule has 0 N–H and O–H groups in total. The average Bonchev–Trinajstić information content (AvgIpc) is 2.90. The van der Waals surface area contributed by atoms with Gasteiger partial charge in [-0.2, -0.15) is 0 Å². The highest BCUT2D eigenvalue weighted by Crippen LogP contribution is 2.46. The van der Waals surface area contributed by atoms with Crippen molar-refractivity contribution in [2.24, 2.45) is 0 Å². The zero-order chi connectivity index (χ0) is 18.3. The van der Waals surface area contributed by atoms with Crippen molar-refractivity contribution in [3.8, 4) is 0 Å². The minimum atomic E-state index is -0.193. The zero-order valence-corrected chi connectivity index (χ0v) is 15.7. The number of carbonyl (C=O) groups excluding carboxylic acids is 1. The second-order valence-electron chi connectivity index (χ2n) is 5.81. The molecule has 0 spiro atoms. The van der Waals surface area contributed by atoms with Gasteiger partial charge >= 0.3 is 0 Å². The van der Waals surface area contributed by atoms with Gasteiger partial charge in [-0.3, -0.25) is 9.69 Å². The number of rotatable bonds is 2. The lowest BCUT2D eigenvalue weighted by molar-refractivity contribution is -0.112. The topological polar surface area (TPSA) is 20.3 Å². The fraction of sp³-hybridized carbons (Fsp3) is 0. The number of fused-ring (bicyclic) bond motifs is 1. The Morgan fingerprint density at radius 1 is 0.731 bits per heavy atom. The zero-order valence-electron chi connectivity index (χ0n) is 13.4. The maximum absolute atomic E-state index is 13.3. The fourth-order valence-corrected chi connectivity index (χ4v) is 3.81. The van der Waals surface area contributed by atoms with Crippen molar-refractivity contribution < 1.29 is 4.79 Å². The molecule has 0 saturated heterocycles. The number of carbonyl (C=O) groups is 1. The Hall–Kier alpha value is -2.26. The smallest absolute Gasteiger partial charge is 0.263 e. The summed E-state index contributed by atoms with van der Waals surface area (Å²) in [7, 11) is 0. The summed E-state index contributed by atoms with van der Waals surface area (Å²) in [5.74, 6) is -0.193. The third kappa shape index (κ3) is 2.80. The molecule has 0 aliphatic carbocycles. The molecule has 1 aliphatic heterocycles. The average molecular weight is 401 g/mol. The van der Waals surface area contributed by atoms with Gasteiger partial charge in [-0.1, -0.05) is 77.3 Å². The summed E-state index contributed by atoms with van der Waals surface area (Å²) >= 11 is 19.0. The van der Waals surface area contributed by atoms with Crippen LogP contribution in [0.2, 0.25) is 15.1 Å². The van der Waals surface area contributed by atoms with E-state index in [1.165, 1.54) is 0 Å². The number of benzene rings is 3. The Labute approximate surface area is 166 Å². The van der Waals surface area contributed by atoms with Crippen LogP contribution in [-0.2, 0) is 4.79 Å². The number of para-hydroxylation sites is 2. The first kappa shape index (κ1) is 17.2. The molecule has 0 fully saturated rings. The van der Waals surface area contributed by atoms with Crippen molar-refractivity contribution in [2.75, 3.05) is 4.90 Å². The summed E-state index contributed by atoms with van der Waals surface area (Å²) in [5, 5.41) is 1.42. The highest BCUT2D eigenvalue weighted by molar-refractivity contribution is 6.45. The Morgan fingerprint density at radius 3 is 2.08 bits per heavy atom. The molecule has 0 unspecified atom stereocenters. The lowest BCUT2D eigenvalue weighted by Gasteiger charge is -2.20. The summed E-state index contributed by atoms with van der Waals surface area (Å²) in [4.78, 5) is 14.8. The van der Waals surface area contributed by atoms with E-state index < -0.39 is 0 Å². The number of amides is 1. The van der Waals surface area contributed by atoms with Crippen LogP contribution in [0.1, 0.15) is 11.1 Å². The standard InChI is InChI=1S/C21H12Cl3NO/c22-16-8-3-1-6-13(16)12-15-14-7-2-4-11-19(14)25(21(15)26)20-17(23)9-5-10-18(20)24/h1-12H/b15-12+. The van der Waals surface area contributed by atoms with Gasteiger partial charge in [0, 0.05) is 10.6 Å². The van der Waals surface area contributed by atoms with Crippen LogP contribution in [0.4, 0.5) is 11.4 Å². The van der Waals surface area contributed by atoms with Crippen LogP contribution in [0, 0.1) is 0 Å². The number of anilines is 2. The van der Waals surface area contributed by atoms with Crippen LogP contribution in [0.25, 0.3) is 11.6 Å². The van der Waals surface area contributed by atoms with Crippen LogP contribution < -0.4 is 4.90 Å². The van der Waals surface area contributed by atoms with Gasteiger partial charge in [0.2, 0.25) is 0 Å². The van der Waals surface area contributed by atoms with Gasteiger partial charge in [0.05, 0.1) is 27.0 Å². The number of nitrogens with zero attached hydrogens (tertiary/aromatic N) is 1. The molecular formula is C21H12Cl3NO. The molecule has 0 atom stereocenters. The summed E-state index contributed by atoms with van der Waals surface area (Å²) < 4.78 is 0. The second kappa shape index (κ2) is 6.81. The van der Waals surface area contributed by atoms with Gasteiger partial charge in [0.1, 0.15) is 0 Å². The Bertz CT molecular complexity index is 1040. The number of hydrogen-bond donors (Lipinski definition) is 0. The number of hydrogen-bond acceptors (Lipinski definition) is 1. The molecule has 2 nitrogen and oxygen atoms in total. The van der Waals surface area contributed by atoms with Gasteiger partial charge in [-0.05, 0) is 35.9 Å². The molecule has 0 radical (unpaired) electrons. The maximum Gasteiger partial charge on any atom is 0.263 e. The van der Waals surface area contributed by atoms with Gasteiger partial charge in [0.25, 0.3) is 5.91 Å². The minimum absolute atomic E-state index is 0.193. The van der Waals surface area contributed by atoms with Crippen molar-refractivity contribution in [3.63, 3.8) is 0 Å². The number of halogens is 3. The first-order chi connectivity index (χ1) is 12.6. The van der Waals surface area contributed by atoms with Crippen molar-refractivity contribution >= 4 is 63.7 Å². The molecule has 1 aliphatic rings. The lowest BCUT2D eigenvalue weighted by Crippen LogP contribution is -2.21. The highest BCUT2D eigenvalue weighted by Gasteiger charge is 2.35. The molecular weight excluding hydrogens is 389 g/mol. The van der Waals surface area contributed by atoms with Gasteiger partial charge < -0.3 is 0 Å². The quantitative estimate of drug-likeness (QED) is 0.430. The minimum Gasteiger partial charge on any atom is -0.273 e. The normalized spacial score (nSPS) is 14.8. The monoisotopic (exact) mass is 399 g/mol. The molecule has 5 heteroatoms. The Kier molecular flexibility index (Phi) is 4.49. The molecule has 0 saturated carbocycles. The van der Waals surface area contributed by atoms with Crippen LogP contribution >= 0.6 is 34.8 Å². The summed E-state index contributed by atoms with van der Waals surface area (Å²) in [6.07, 6.45) is 1.80. The highest BCUT2D eigenvalue weighted by atomic mass is 35.5. The molecule has 128 valence electrons. The molecule has 1 heterocycles. The Balaban J connectivity index is 1.93. The predicted molar refractivity (Wildman–Crippen MR) is 109 cm³/mol. The van der Waals surface area contributed by atoms with E-state index in [1.54, 1.807) is 35.2 Å². The van der Waals surface area contributed by atoms with Crippen molar-refractivity contribution in [2.45, 2.75) is 0 Å². The summed E-state index contributed by atoms with van der Waals surface area (Å²) in [6, 6.07) is 20.1. The van der Waals surface area contributed by atoms with Gasteiger partial charge in [-0.25, -0.2) is 0 Å². The van der Waals surface area contributed by atoms with E-state index in [4.69, 9.17) is 34.8 Å². The SMILES string of the molecule is O=C1/C(=C/c2ccccc2Cl)c2ccccc2N1c1c(Cl)cccc1Cl. The van der Waals surface area contributed by atoms with E-state index >= 15 is 0 Å². The van der Waals surface area contributed by atoms with E-state index in [0.717, 1.165) is 16.8 Å². The van der Waals surface area contributed by atoms with E-state index in [-0.39, 0.29) is 5.91 Å². The van der Waals surface area contributed by atoms with Crippen molar-refractivity contribution in [3.05, 3.63) is 92.9 Å². The molecule has 3 aromatic rings. The first-order valence-electron chi connectivity index (χ1n) is 7.92. The molecule has 3 aromatic carbocycles. The van der Waals surface area contributed by atoms with Crippen LogP contribution in [0.5, 0.6) is 0 Å². The largest absolute Gasteiger partial charge is 0.273 e. The van der Waals surface area contributed by atoms with E-state index in [2.05, 4.69) is 0 Å². The van der Waals surface area contributed by atoms with E-state index in [1.807, 2.05) is 42.5 Å².